The van der Waals surface area contributed by atoms with Crippen molar-refractivity contribution in [3.8, 4) is 0 Å². The molecule has 0 unspecified atom stereocenters. The summed E-state index contributed by atoms with van der Waals surface area (Å²) in [5.74, 6) is -0.205. The van der Waals surface area contributed by atoms with E-state index in [-0.39, 0.29) is 5.97 Å². The van der Waals surface area contributed by atoms with Crippen molar-refractivity contribution in [1.82, 2.24) is 0 Å². The van der Waals surface area contributed by atoms with Crippen molar-refractivity contribution in [1.29, 1.82) is 0 Å². The standard InChI is InChI=1S/C17H27NO2/c1-5-7-8-9-10-14-13-15(18(3)4)11-12-16(14)17(19)20-6-2/h11-13H,5-10H2,1-4H3. The fourth-order valence-electron chi connectivity index (χ4n) is 2.22. The van der Waals surface area contributed by atoms with Crippen molar-refractivity contribution in [2.75, 3.05) is 25.6 Å². The average Bonchev–Trinajstić information content (AvgIpc) is 2.43. The Morgan fingerprint density at radius 1 is 1.15 bits per heavy atom. The van der Waals surface area contributed by atoms with Crippen molar-refractivity contribution < 1.29 is 9.53 Å². The summed E-state index contributed by atoms with van der Waals surface area (Å²) in [5.41, 5.74) is 2.95. The van der Waals surface area contributed by atoms with Gasteiger partial charge in [-0.05, 0) is 43.5 Å². The van der Waals surface area contributed by atoms with Gasteiger partial charge in [-0.2, -0.15) is 0 Å². The van der Waals surface area contributed by atoms with E-state index in [9.17, 15) is 4.79 Å². The van der Waals surface area contributed by atoms with Crippen LogP contribution in [0.5, 0.6) is 0 Å². The molecule has 1 aromatic rings. The summed E-state index contributed by atoms with van der Waals surface area (Å²) in [7, 11) is 4.03. The fraction of sp³-hybridized carbons (Fsp3) is 0.588. The van der Waals surface area contributed by atoms with Crippen LogP contribution in [0.2, 0.25) is 0 Å². The van der Waals surface area contributed by atoms with Gasteiger partial charge in [0.1, 0.15) is 0 Å². The lowest BCUT2D eigenvalue weighted by molar-refractivity contribution is 0.0525. The first-order valence-corrected chi connectivity index (χ1v) is 7.57. The minimum atomic E-state index is -0.205. The lowest BCUT2D eigenvalue weighted by atomic mass is 10.00. The van der Waals surface area contributed by atoms with E-state index in [0.717, 1.165) is 24.1 Å². The quantitative estimate of drug-likeness (QED) is 0.530. The molecule has 0 N–H and O–H groups in total. The number of hydrogen-bond acceptors (Lipinski definition) is 3. The van der Waals surface area contributed by atoms with Crippen molar-refractivity contribution in [2.24, 2.45) is 0 Å². The van der Waals surface area contributed by atoms with Gasteiger partial charge in [-0.25, -0.2) is 4.79 Å². The van der Waals surface area contributed by atoms with Gasteiger partial charge in [0, 0.05) is 19.8 Å². The summed E-state index contributed by atoms with van der Waals surface area (Å²) < 4.78 is 5.14. The number of aryl methyl sites for hydroxylation is 1. The molecule has 112 valence electrons. The number of benzene rings is 1. The predicted molar refractivity (Wildman–Crippen MR) is 84.6 cm³/mol. The molecule has 0 spiro atoms. The molecule has 0 saturated carbocycles. The van der Waals surface area contributed by atoms with Crippen LogP contribution in [-0.4, -0.2) is 26.7 Å². The molecule has 3 nitrogen and oxygen atoms in total. The molecule has 0 aliphatic rings. The molecular formula is C17H27NO2. The molecule has 0 aromatic heterocycles. The SMILES string of the molecule is CCCCCCc1cc(N(C)C)ccc1C(=O)OCC. The molecule has 1 rings (SSSR count). The first-order chi connectivity index (χ1) is 9.60. The molecule has 0 heterocycles. The molecule has 0 saturated heterocycles. The van der Waals surface area contributed by atoms with Crippen LogP contribution in [-0.2, 0) is 11.2 Å². The number of nitrogens with zero attached hydrogens (tertiary/aromatic N) is 1. The highest BCUT2D eigenvalue weighted by Gasteiger charge is 2.13. The summed E-state index contributed by atoms with van der Waals surface area (Å²) >= 11 is 0. The maximum atomic E-state index is 12.0. The normalized spacial score (nSPS) is 10.4. The van der Waals surface area contributed by atoms with Crippen molar-refractivity contribution >= 4 is 11.7 Å². The summed E-state index contributed by atoms with van der Waals surface area (Å²) in [6, 6.07) is 5.97. The number of rotatable bonds is 8. The minimum absolute atomic E-state index is 0.205. The Hall–Kier alpha value is -1.51. The van der Waals surface area contributed by atoms with Crippen molar-refractivity contribution in [3.63, 3.8) is 0 Å². The molecule has 0 bridgehead atoms. The van der Waals surface area contributed by atoms with E-state index in [4.69, 9.17) is 4.74 Å². The zero-order valence-electron chi connectivity index (χ0n) is 13.2. The second kappa shape index (κ2) is 8.62. The Morgan fingerprint density at radius 3 is 2.50 bits per heavy atom. The van der Waals surface area contributed by atoms with E-state index >= 15 is 0 Å². The predicted octanol–water partition coefficient (Wildman–Crippen LogP) is 4.05. The van der Waals surface area contributed by atoms with Gasteiger partial charge in [0.05, 0.1) is 12.2 Å². The van der Waals surface area contributed by atoms with Crippen molar-refractivity contribution in [3.05, 3.63) is 29.3 Å². The Balaban J connectivity index is 2.88. The van der Waals surface area contributed by atoms with Crippen LogP contribution in [0.25, 0.3) is 0 Å². The van der Waals surface area contributed by atoms with Gasteiger partial charge in [0.15, 0.2) is 0 Å². The lowest BCUT2D eigenvalue weighted by Crippen LogP contribution is -2.12. The van der Waals surface area contributed by atoms with Crippen LogP contribution < -0.4 is 4.90 Å². The third-order valence-electron chi connectivity index (χ3n) is 3.40. The van der Waals surface area contributed by atoms with Gasteiger partial charge in [-0.15, -0.1) is 0 Å². The molecule has 0 aliphatic carbocycles. The monoisotopic (exact) mass is 277 g/mol. The van der Waals surface area contributed by atoms with Gasteiger partial charge in [0.25, 0.3) is 0 Å². The number of esters is 1. The van der Waals surface area contributed by atoms with Gasteiger partial charge >= 0.3 is 5.97 Å². The van der Waals surface area contributed by atoms with Gasteiger partial charge in [-0.1, -0.05) is 26.2 Å². The van der Waals surface area contributed by atoms with Crippen LogP contribution in [0.4, 0.5) is 5.69 Å². The fourth-order valence-corrected chi connectivity index (χ4v) is 2.22. The lowest BCUT2D eigenvalue weighted by Gasteiger charge is -2.16. The van der Waals surface area contributed by atoms with E-state index in [2.05, 4.69) is 17.9 Å². The summed E-state index contributed by atoms with van der Waals surface area (Å²) in [6.45, 7) is 4.47. The highest BCUT2D eigenvalue weighted by atomic mass is 16.5. The van der Waals surface area contributed by atoms with Crippen molar-refractivity contribution in [2.45, 2.75) is 46.0 Å². The third kappa shape index (κ3) is 4.87. The highest BCUT2D eigenvalue weighted by Crippen LogP contribution is 2.21. The molecule has 0 amide bonds. The second-order valence-electron chi connectivity index (χ2n) is 5.27. The Kier molecular flexibility index (Phi) is 7.13. The molecule has 0 fully saturated rings. The highest BCUT2D eigenvalue weighted by molar-refractivity contribution is 5.91. The zero-order chi connectivity index (χ0) is 15.0. The smallest absolute Gasteiger partial charge is 0.338 e. The number of carbonyl (C=O) groups excluding carboxylic acids is 1. The molecule has 3 heteroatoms. The summed E-state index contributed by atoms with van der Waals surface area (Å²) in [6.07, 6.45) is 5.75. The maximum absolute atomic E-state index is 12.0. The Morgan fingerprint density at radius 2 is 1.90 bits per heavy atom. The van der Waals surface area contributed by atoms with Crippen LogP contribution in [0.1, 0.15) is 55.5 Å². The number of carbonyl (C=O) groups is 1. The molecular weight excluding hydrogens is 250 g/mol. The molecule has 1 aromatic carbocycles. The minimum Gasteiger partial charge on any atom is -0.462 e. The summed E-state index contributed by atoms with van der Waals surface area (Å²) in [4.78, 5) is 14.1. The van der Waals surface area contributed by atoms with Crippen LogP contribution in [0.15, 0.2) is 18.2 Å². The summed E-state index contributed by atoms with van der Waals surface area (Å²) in [5, 5.41) is 0. The van der Waals surface area contributed by atoms with E-state index in [1.54, 1.807) is 0 Å². The van der Waals surface area contributed by atoms with E-state index < -0.39 is 0 Å². The van der Waals surface area contributed by atoms with Gasteiger partial charge in [-0.3, -0.25) is 0 Å². The third-order valence-corrected chi connectivity index (χ3v) is 3.40. The Bertz CT molecular complexity index is 427. The Labute approximate surface area is 122 Å². The molecule has 0 radical (unpaired) electrons. The van der Waals surface area contributed by atoms with Gasteiger partial charge < -0.3 is 9.64 Å². The topological polar surface area (TPSA) is 29.5 Å². The van der Waals surface area contributed by atoms with Gasteiger partial charge in [0.2, 0.25) is 0 Å². The molecule has 0 atom stereocenters. The number of ether oxygens (including phenoxy) is 1. The first kappa shape index (κ1) is 16.5. The molecule has 20 heavy (non-hydrogen) atoms. The largest absolute Gasteiger partial charge is 0.462 e. The molecule has 0 aliphatic heterocycles. The van der Waals surface area contributed by atoms with Crippen LogP contribution in [0, 0.1) is 0 Å². The van der Waals surface area contributed by atoms with E-state index in [1.807, 2.05) is 33.2 Å². The number of hydrogen-bond donors (Lipinski definition) is 0. The van der Waals surface area contributed by atoms with E-state index in [1.165, 1.54) is 19.3 Å². The van der Waals surface area contributed by atoms with E-state index in [0.29, 0.717) is 12.2 Å². The first-order valence-electron chi connectivity index (χ1n) is 7.57. The second-order valence-corrected chi connectivity index (χ2v) is 5.27. The average molecular weight is 277 g/mol. The zero-order valence-corrected chi connectivity index (χ0v) is 13.2. The maximum Gasteiger partial charge on any atom is 0.338 e. The van der Waals surface area contributed by atoms with Crippen LogP contribution in [0.3, 0.4) is 0 Å². The number of anilines is 1. The van der Waals surface area contributed by atoms with Crippen LogP contribution >= 0.6 is 0 Å². The number of unbranched alkanes of at least 4 members (excludes halogenated alkanes) is 3.